The Labute approximate surface area is 177 Å². The fourth-order valence-corrected chi connectivity index (χ4v) is 6.73. The molecule has 4 aliphatic carbocycles. The Bertz CT molecular complexity index is 1180. The van der Waals surface area contributed by atoms with Gasteiger partial charge in [0.25, 0.3) is 11.7 Å². The van der Waals surface area contributed by atoms with Crippen molar-refractivity contribution >= 4 is 11.4 Å². The number of amides is 1. The van der Waals surface area contributed by atoms with Crippen LogP contribution in [-0.2, 0) is 0 Å². The largest absolute Gasteiger partial charge is 0.343 e. The third-order valence-corrected chi connectivity index (χ3v) is 7.53. The summed E-state index contributed by atoms with van der Waals surface area (Å²) in [6, 6.07) is 7.35. The monoisotopic (exact) mass is 426 g/mol. The van der Waals surface area contributed by atoms with Gasteiger partial charge in [-0.05, 0) is 80.5 Å². The molecule has 0 atom stereocenters. The number of aromatic nitrogens is 2. The molecule has 0 radical (unpaired) electrons. The summed E-state index contributed by atoms with van der Waals surface area (Å²) in [6.45, 7) is 0. The van der Waals surface area contributed by atoms with Crippen LogP contribution in [0.4, 0.5) is 13.2 Å². The number of nitrogens with zero attached hydrogens (tertiary/aromatic N) is 1. The standard InChI is InChI=1S/C24H22F3N3O/c25-17-5-4-16(19(26)20(17)27)22-28-21(18-3-1-2-6-30(18)22)23(31)29-24-10-13-7-14(11-24)9-15(8-13)12-24/h1-6,13-15H,7-12H2,(H,29,31)/p+1. The number of aromatic amines is 1. The molecule has 31 heavy (non-hydrogen) atoms. The van der Waals surface area contributed by atoms with Crippen molar-refractivity contribution in [1.82, 2.24) is 10.3 Å². The van der Waals surface area contributed by atoms with Crippen LogP contribution >= 0.6 is 0 Å². The van der Waals surface area contributed by atoms with E-state index in [0.717, 1.165) is 25.3 Å². The van der Waals surface area contributed by atoms with Gasteiger partial charge in [-0.3, -0.25) is 4.79 Å². The topological polar surface area (TPSA) is 49.0 Å². The number of rotatable bonds is 3. The zero-order valence-corrected chi connectivity index (χ0v) is 16.9. The molecule has 2 N–H and O–H groups in total. The molecule has 7 rings (SSSR count). The summed E-state index contributed by atoms with van der Waals surface area (Å²) in [5.74, 6) is -2.04. The van der Waals surface area contributed by atoms with Gasteiger partial charge >= 0.3 is 0 Å². The van der Waals surface area contributed by atoms with Crippen LogP contribution in [-0.4, -0.2) is 16.4 Å². The van der Waals surface area contributed by atoms with E-state index in [4.69, 9.17) is 0 Å². The van der Waals surface area contributed by atoms with Crippen molar-refractivity contribution in [2.45, 2.75) is 44.1 Å². The van der Waals surface area contributed by atoms with Crippen LogP contribution in [0.2, 0.25) is 0 Å². The third-order valence-electron chi connectivity index (χ3n) is 7.53. The lowest BCUT2D eigenvalue weighted by atomic mass is 9.53. The first-order chi connectivity index (χ1) is 14.9. The molecule has 0 saturated heterocycles. The number of hydrogen-bond donors (Lipinski definition) is 2. The average molecular weight is 426 g/mol. The van der Waals surface area contributed by atoms with E-state index in [1.54, 1.807) is 28.8 Å². The van der Waals surface area contributed by atoms with Gasteiger partial charge in [-0.2, -0.15) is 4.40 Å². The summed E-state index contributed by atoms with van der Waals surface area (Å²) in [5.41, 5.74) is 0.559. The highest BCUT2D eigenvalue weighted by Gasteiger charge is 2.52. The van der Waals surface area contributed by atoms with E-state index < -0.39 is 17.5 Å². The maximum Gasteiger partial charge on any atom is 0.296 e. The van der Waals surface area contributed by atoms with Crippen molar-refractivity contribution in [2.24, 2.45) is 17.8 Å². The summed E-state index contributed by atoms with van der Waals surface area (Å²) >= 11 is 0. The normalized spacial score (nSPS) is 28.9. The molecule has 160 valence electrons. The van der Waals surface area contributed by atoms with Gasteiger partial charge < -0.3 is 5.32 Å². The highest BCUT2D eigenvalue weighted by molar-refractivity contribution is 5.99. The number of benzene rings is 1. The fourth-order valence-electron chi connectivity index (χ4n) is 6.73. The van der Waals surface area contributed by atoms with Gasteiger partial charge in [-0.25, -0.2) is 18.2 Å². The van der Waals surface area contributed by atoms with Crippen molar-refractivity contribution < 1.29 is 22.4 Å². The molecule has 4 nitrogen and oxygen atoms in total. The summed E-state index contributed by atoms with van der Waals surface area (Å²) in [4.78, 5) is 16.4. The number of hydrogen-bond acceptors (Lipinski definition) is 1. The molecule has 4 aliphatic rings. The minimum atomic E-state index is -1.53. The Hall–Kier alpha value is -2.83. The molecule has 1 amide bonds. The van der Waals surface area contributed by atoms with Crippen molar-refractivity contribution in [3.63, 3.8) is 0 Å². The van der Waals surface area contributed by atoms with Gasteiger partial charge in [0.15, 0.2) is 23.0 Å². The molecule has 0 aliphatic heterocycles. The molecule has 3 aromatic rings. The lowest BCUT2D eigenvalue weighted by Gasteiger charge is -2.56. The number of carbonyl (C=O) groups excluding carboxylic acids is 1. The first-order valence-electron chi connectivity index (χ1n) is 10.9. The first kappa shape index (κ1) is 18.9. The van der Waals surface area contributed by atoms with E-state index >= 15 is 0 Å². The van der Waals surface area contributed by atoms with Gasteiger partial charge in [0, 0.05) is 5.54 Å². The summed E-state index contributed by atoms with van der Waals surface area (Å²) in [6.07, 6.45) is 8.54. The number of imidazole rings is 1. The summed E-state index contributed by atoms with van der Waals surface area (Å²) in [7, 11) is 0. The van der Waals surface area contributed by atoms with E-state index in [1.165, 1.54) is 25.3 Å². The maximum atomic E-state index is 14.5. The Balaban J connectivity index is 1.40. The Morgan fingerprint density at radius 1 is 0.968 bits per heavy atom. The van der Waals surface area contributed by atoms with Crippen molar-refractivity contribution in [3.8, 4) is 11.4 Å². The molecule has 1 aromatic carbocycles. The van der Waals surface area contributed by atoms with E-state index in [1.807, 2.05) is 0 Å². The van der Waals surface area contributed by atoms with Crippen molar-refractivity contribution in [3.05, 3.63) is 59.7 Å². The first-order valence-corrected chi connectivity index (χ1v) is 10.9. The van der Waals surface area contributed by atoms with Gasteiger partial charge in [-0.1, -0.05) is 6.07 Å². The van der Waals surface area contributed by atoms with Crippen LogP contribution < -0.4 is 9.72 Å². The number of pyridine rings is 1. The summed E-state index contributed by atoms with van der Waals surface area (Å²) < 4.78 is 43.4. The smallest absolute Gasteiger partial charge is 0.296 e. The van der Waals surface area contributed by atoms with E-state index in [0.29, 0.717) is 29.0 Å². The fraction of sp³-hybridized carbons (Fsp3) is 0.417. The SMILES string of the molecule is O=C(NC12CC3CC(CC(C3)C1)C2)c1[nH]c(-c2ccc(F)c(F)c2F)[n+]2ccccc12. The van der Waals surface area contributed by atoms with E-state index in [2.05, 4.69) is 10.3 Å². The van der Waals surface area contributed by atoms with Crippen LogP contribution in [0.3, 0.4) is 0 Å². The molecule has 2 aromatic heterocycles. The Kier molecular flexibility index (Phi) is 4.01. The van der Waals surface area contributed by atoms with Gasteiger partial charge in [-0.15, -0.1) is 0 Å². The second-order valence-corrected chi connectivity index (χ2v) is 9.68. The third kappa shape index (κ3) is 2.89. The van der Waals surface area contributed by atoms with Crippen LogP contribution in [0.15, 0.2) is 36.5 Å². The molecule has 4 fully saturated rings. The minimum absolute atomic E-state index is 0.131. The van der Waals surface area contributed by atoms with Gasteiger partial charge in [0.2, 0.25) is 5.69 Å². The zero-order chi connectivity index (χ0) is 21.3. The zero-order valence-electron chi connectivity index (χ0n) is 16.9. The van der Waals surface area contributed by atoms with Crippen LogP contribution in [0.25, 0.3) is 16.9 Å². The number of halogens is 3. The predicted octanol–water partition coefficient (Wildman–Crippen LogP) is 4.54. The molecule has 0 spiro atoms. The van der Waals surface area contributed by atoms with Crippen LogP contribution in [0.5, 0.6) is 0 Å². The lowest BCUT2D eigenvalue weighted by molar-refractivity contribution is -0.498. The molecule has 0 unspecified atom stereocenters. The summed E-state index contributed by atoms with van der Waals surface area (Å²) in [5, 5.41) is 3.32. The number of carbonyl (C=O) groups is 1. The molecular weight excluding hydrogens is 403 g/mol. The highest BCUT2D eigenvalue weighted by atomic mass is 19.2. The minimum Gasteiger partial charge on any atom is -0.343 e. The highest BCUT2D eigenvalue weighted by Crippen LogP contribution is 2.55. The van der Waals surface area contributed by atoms with Gasteiger partial charge in [0.1, 0.15) is 5.56 Å². The predicted molar refractivity (Wildman–Crippen MR) is 108 cm³/mol. The molecule has 2 heterocycles. The van der Waals surface area contributed by atoms with E-state index in [9.17, 15) is 18.0 Å². The number of H-pyrrole nitrogens is 1. The van der Waals surface area contributed by atoms with Crippen molar-refractivity contribution in [2.75, 3.05) is 0 Å². The average Bonchev–Trinajstić information content (AvgIpc) is 3.11. The quantitative estimate of drug-likeness (QED) is 0.469. The van der Waals surface area contributed by atoms with E-state index in [-0.39, 0.29) is 22.8 Å². The van der Waals surface area contributed by atoms with Crippen LogP contribution in [0.1, 0.15) is 49.0 Å². The number of nitrogens with one attached hydrogen (secondary N) is 2. The van der Waals surface area contributed by atoms with Crippen molar-refractivity contribution in [1.29, 1.82) is 0 Å². The second-order valence-electron chi connectivity index (χ2n) is 9.68. The second kappa shape index (κ2) is 6.58. The molecule has 7 heteroatoms. The van der Waals surface area contributed by atoms with Crippen LogP contribution in [0, 0.1) is 35.2 Å². The Morgan fingerprint density at radius 3 is 2.32 bits per heavy atom. The van der Waals surface area contributed by atoms with Gasteiger partial charge in [0.05, 0.1) is 6.20 Å². The Morgan fingerprint density at radius 2 is 1.65 bits per heavy atom. The molecule has 4 saturated carbocycles. The molecule has 4 bridgehead atoms. The lowest BCUT2D eigenvalue weighted by Crippen LogP contribution is -2.59. The number of fused-ring (bicyclic) bond motifs is 1. The maximum absolute atomic E-state index is 14.5. The molecular formula is C24H23F3N3O+.